The number of morpholine rings is 1. The van der Waals surface area contributed by atoms with Crippen LogP contribution in [0, 0.1) is 13.8 Å². The lowest BCUT2D eigenvalue weighted by molar-refractivity contribution is -0.0632. The van der Waals surface area contributed by atoms with Crippen LogP contribution in [-0.4, -0.2) is 41.2 Å². The van der Waals surface area contributed by atoms with Crippen molar-refractivity contribution in [2.24, 2.45) is 0 Å². The number of carbonyl (C=O) groups is 1. The van der Waals surface area contributed by atoms with E-state index in [9.17, 15) is 4.79 Å². The number of amides is 2. The van der Waals surface area contributed by atoms with Crippen LogP contribution < -0.4 is 5.32 Å². The molecule has 0 saturated carbocycles. The van der Waals surface area contributed by atoms with Gasteiger partial charge in [-0.2, -0.15) is 0 Å². The second-order valence-corrected chi connectivity index (χ2v) is 5.48. The lowest BCUT2D eigenvalue weighted by atomic mass is 10.2. The Balaban J connectivity index is 2.03. The first-order valence-corrected chi connectivity index (χ1v) is 7.14. The van der Waals surface area contributed by atoms with Gasteiger partial charge in [0, 0.05) is 18.8 Å². The number of carbonyl (C=O) groups excluding carboxylic acids is 1. The average Bonchev–Trinajstić information content (AvgIpc) is 2.36. The van der Waals surface area contributed by atoms with Gasteiger partial charge in [0.05, 0.1) is 12.2 Å². The van der Waals surface area contributed by atoms with E-state index >= 15 is 0 Å². The first-order chi connectivity index (χ1) is 9.47. The van der Waals surface area contributed by atoms with E-state index in [2.05, 4.69) is 17.2 Å². The Morgan fingerprint density at radius 1 is 1.45 bits per heavy atom. The second-order valence-electron chi connectivity index (χ2n) is 5.48. The minimum absolute atomic E-state index is 0.0756. The lowest BCUT2D eigenvalue weighted by Gasteiger charge is -2.36. The number of nitrogens with one attached hydrogen (secondary N) is 1. The van der Waals surface area contributed by atoms with Gasteiger partial charge in [0.25, 0.3) is 0 Å². The molecule has 1 aromatic rings. The highest BCUT2D eigenvalue weighted by Gasteiger charge is 2.27. The molecule has 0 aromatic carbocycles. The third-order valence-corrected chi connectivity index (χ3v) is 3.40. The van der Waals surface area contributed by atoms with Crippen LogP contribution in [0.3, 0.4) is 0 Å². The molecule has 1 saturated heterocycles. The third-order valence-electron chi connectivity index (χ3n) is 3.40. The number of urea groups is 1. The number of pyridine rings is 1. The van der Waals surface area contributed by atoms with Crippen molar-refractivity contribution in [3.63, 3.8) is 0 Å². The molecule has 0 spiro atoms. The summed E-state index contributed by atoms with van der Waals surface area (Å²) in [5.41, 5.74) is 2.00. The summed E-state index contributed by atoms with van der Waals surface area (Å²) in [5.74, 6) is 0.611. The van der Waals surface area contributed by atoms with E-state index in [1.54, 1.807) is 0 Å². The Morgan fingerprint density at radius 3 is 2.85 bits per heavy atom. The number of aromatic nitrogens is 1. The monoisotopic (exact) mass is 277 g/mol. The van der Waals surface area contributed by atoms with Gasteiger partial charge in [-0.1, -0.05) is 6.92 Å². The molecule has 1 aromatic heterocycles. The molecular formula is C15H23N3O2. The molecule has 1 N–H and O–H groups in total. The molecule has 2 amide bonds. The SMILES string of the molecule is CC[C@@H]1CN(C(=O)Nc2cc(C)cc(C)n2)C[C@H](C)O1. The predicted molar refractivity (Wildman–Crippen MR) is 78.9 cm³/mol. The highest BCUT2D eigenvalue weighted by atomic mass is 16.5. The van der Waals surface area contributed by atoms with Gasteiger partial charge in [0.2, 0.25) is 0 Å². The van der Waals surface area contributed by atoms with Crippen LogP contribution >= 0.6 is 0 Å². The molecule has 0 unspecified atom stereocenters. The zero-order valence-electron chi connectivity index (χ0n) is 12.6. The number of hydrogen-bond acceptors (Lipinski definition) is 3. The average molecular weight is 277 g/mol. The normalized spacial score (nSPS) is 22.7. The number of ether oxygens (including phenoxy) is 1. The third kappa shape index (κ3) is 3.70. The van der Waals surface area contributed by atoms with Gasteiger partial charge in [-0.3, -0.25) is 5.32 Å². The molecule has 0 radical (unpaired) electrons. The number of hydrogen-bond donors (Lipinski definition) is 1. The van der Waals surface area contributed by atoms with Crippen molar-refractivity contribution in [1.29, 1.82) is 0 Å². The summed E-state index contributed by atoms with van der Waals surface area (Å²) in [6, 6.07) is 3.77. The minimum atomic E-state index is -0.101. The van der Waals surface area contributed by atoms with Crippen molar-refractivity contribution in [1.82, 2.24) is 9.88 Å². The number of rotatable bonds is 2. The van der Waals surface area contributed by atoms with Crippen molar-refractivity contribution in [2.45, 2.75) is 46.3 Å². The summed E-state index contributed by atoms with van der Waals surface area (Å²) in [4.78, 5) is 18.5. The highest BCUT2D eigenvalue weighted by molar-refractivity contribution is 5.88. The van der Waals surface area contributed by atoms with Crippen molar-refractivity contribution in [2.75, 3.05) is 18.4 Å². The molecule has 110 valence electrons. The molecule has 0 aliphatic carbocycles. The second kappa shape index (κ2) is 6.22. The maximum atomic E-state index is 12.3. The zero-order chi connectivity index (χ0) is 14.7. The summed E-state index contributed by atoms with van der Waals surface area (Å²) >= 11 is 0. The van der Waals surface area contributed by atoms with E-state index < -0.39 is 0 Å². The number of nitrogens with zero attached hydrogens (tertiary/aromatic N) is 2. The van der Waals surface area contributed by atoms with Gasteiger partial charge in [0.15, 0.2) is 0 Å². The summed E-state index contributed by atoms with van der Waals surface area (Å²) in [5, 5.41) is 2.88. The standard InChI is InChI=1S/C15H23N3O2/c1-5-13-9-18(8-12(4)20-13)15(19)17-14-7-10(2)6-11(3)16-14/h6-7,12-13H,5,8-9H2,1-4H3,(H,16,17,19)/t12-,13+/m0/s1. The summed E-state index contributed by atoms with van der Waals surface area (Å²) in [7, 11) is 0. The molecule has 1 aliphatic heterocycles. The Hall–Kier alpha value is -1.62. The minimum Gasteiger partial charge on any atom is -0.372 e. The van der Waals surface area contributed by atoms with Crippen molar-refractivity contribution < 1.29 is 9.53 Å². The molecule has 20 heavy (non-hydrogen) atoms. The lowest BCUT2D eigenvalue weighted by Crippen LogP contribution is -2.50. The van der Waals surface area contributed by atoms with Gasteiger partial charge in [-0.05, 0) is 44.9 Å². The summed E-state index contributed by atoms with van der Waals surface area (Å²) in [6.45, 7) is 9.24. The van der Waals surface area contributed by atoms with Crippen LogP contribution in [-0.2, 0) is 4.74 Å². The van der Waals surface area contributed by atoms with Crippen LogP contribution in [0.4, 0.5) is 10.6 Å². The maximum absolute atomic E-state index is 12.3. The molecular weight excluding hydrogens is 254 g/mol. The Bertz CT molecular complexity index is 470. The van der Waals surface area contributed by atoms with Crippen LogP contribution in [0.1, 0.15) is 31.5 Å². The summed E-state index contributed by atoms with van der Waals surface area (Å²) in [6.07, 6.45) is 1.11. The molecule has 1 aliphatic rings. The van der Waals surface area contributed by atoms with E-state index in [1.165, 1.54) is 0 Å². The van der Waals surface area contributed by atoms with Crippen LogP contribution in [0.15, 0.2) is 12.1 Å². The van der Waals surface area contributed by atoms with Crippen molar-refractivity contribution in [3.8, 4) is 0 Å². The molecule has 0 bridgehead atoms. The van der Waals surface area contributed by atoms with E-state index in [-0.39, 0.29) is 18.2 Å². The fourth-order valence-corrected chi connectivity index (χ4v) is 2.53. The van der Waals surface area contributed by atoms with Crippen LogP contribution in [0.25, 0.3) is 0 Å². The van der Waals surface area contributed by atoms with Gasteiger partial charge >= 0.3 is 6.03 Å². The molecule has 5 nitrogen and oxygen atoms in total. The molecule has 1 fully saturated rings. The fourth-order valence-electron chi connectivity index (χ4n) is 2.53. The maximum Gasteiger partial charge on any atom is 0.323 e. The Morgan fingerprint density at radius 2 is 2.20 bits per heavy atom. The predicted octanol–water partition coefficient (Wildman–Crippen LogP) is 2.73. The van der Waals surface area contributed by atoms with E-state index in [0.717, 1.165) is 17.7 Å². The van der Waals surface area contributed by atoms with Crippen molar-refractivity contribution >= 4 is 11.8 Å². The van der Waals surface area contributed by atoms with Crippen molar-refractivity contribution in [3.05, 3.63) is 23.4 Å². The Kier molecular flexibility index (Phi) is 4.60. The quantitative estimate of drug-likeness (QED) is 0.904. The van der Waals surface area contributed by atoms with Crippen LogP contribution in [0.2, 0.25) is 0 Å². The van der Waals surface area contributed by atoms with E-state index in [1.807, 2.05) is 37.8 Å². The van der Waals surface area contributed by atoms with Gasteiger partial charge in [-0.15, -0.1) is 0 Å². The summed E-state index contributed by atoms with van der Waals surface area (Å²) < 4.78 is 5.77. The van der Waals surface area contributed by atoms with Gasteiger partial charge < -0.3 is 9.64 Å². The first-order valence-electron chi connectivity index (χ1n) is 7.14. The largest absolute Gasteiger partial charge is 0.372 e. The smallest absolute Gasteiger partial charge is 0.323 e. The van der Waals surface area contributed by atoms with Gasteiger partial charge in [0.1, 0.15) is 5.82 Å². The van der Waals surface area contributed by atoms with Crippen LogP contribution in [0.5, 0.6) is 0 Å². The molecule has 2 heterocycles. The van der Waals surface area contributed by atoms with Gasteiger partial charge in [-0.25, -0.2) is 9.78 Å². The zero-order valence-corrected chi connectivity index (χ0v) is 12.6. The number of aryl methyl sites for hydroxylation is 2. The topological polar surface area (TPSA) is 54.5 Å². The number of anilines is 1. The molecule has 5 heteroatoms. The molecule has 2 rings (SSSR count). The fraction of sp³-hybridized carbons (Fsp3) is 0.600. The first kappa shape index (κ1) is 14.8. The highest BCUT2D eigenvalue weighted by Crippen LogP contribution is 2.15. The molecule has 2 atom stereocenters. The van der Waals surface area contributed by atoms with E-state index in [4.69, 9.17) is 4.74 Å². The Labute approximate surface area is 120 Å². The van der Waals surface area contributed by atoms with E-state index in [0.29, 0.717) is 18.9 Å².